The number of benzene rings is 2. The van der Waals surface area contributed by atoms with Gasteiger partial charge in [-0.05, 0) is 67.3 Å². The van der Waals surface area contributed by atoms with Gasteiger partial charge in [0.1, 0.15) is 5.75 Å². The maximum Gasteiger partial charge on any atom is 0.335 e. The molecule has 1 amide bonds. The largest absolute Gasteiger partial charge is 0.494 e. The van der Waals surface area contributed by atoms with E-state index in [0.29, 0.717) is 43.9 Å². The van der Waals surface area contributed by atoms with E-state index < -0.39 is 5.97 Å². The Balaban J connectivity index is 1.47. The van der Waals surface area contributed by atoms with Crippen LogP contribution in [-0.4, -0.2) is 40.8 Å². The number of ether oxygens (including phenoxy) is 1. The molecule has 1 aliphatic heterocycles. The minimum Gasteiger partial charge on any atom is -0.494 e. The summed E-state index contributed by atoms with van der Waals surface area (Å²) >= 11 is 0. The Morgan fingerprint density at radius 3 is 2.43 bits per heavy atom. The van der Waals surface area contributed by atoms with Crippen LogP contribution in [-0.2, 0) is 17.8 Å². The van der Waals surface area contributed by atoms with Crippen LogP contribution in [0.25, 0.3) is 0 Å². The lowest BCUT2D eigenvalue weighted by molar-refractivity contribution is -0.132. The smallest absolute Gasteiger partial charge is 0.335 e. The van der Waals surface area contributed by atoms with Crippen molar-refractivity contribution in [3.63, 3.8) is 0 Å². The van der Waals surface area contributed by atoms with Crippen molar-refractivity contribution in [1.82, 2.24) is 4.90 Å². The SMILES string of the molecule is CC(=O)c1ccc(OCCCC(=O)N2CCc3ccc(C(=O)O)cc3C2)cc1. The second-order valence-corrected chi connectivity index (χ2v) is 6.89. The number of hydrogen-bond donors (Lipinski definition) is 1. The Morgan fingerprint density at radius 1 is 1.04 bits per heavy atom. The highest BCUT2D eigenvalue weighted by Crippen LogP contribution is 2.21. The summed E-state index contributed by atoms with van der Waals surface area (Å²) in [6.07, 6.45) is 1.70. The third-order valence-corrected chi connectivity index (χ3v) is 4.88. The molecule has 0 aromatic heterocycles. The summed E-state index contributed by atoms with van der Waals surface area (Å²) < 4.78 is 5.63. The summed E-state index contributed by atoms with van der Waals surface area (Å²) in [5, 5.41) is 9.13. The van der Waals surface area contributed by atoms with Crippen molar-refractivity contribution < 1.29 is 24.2 Å². The predicted molar refractivity (Wildman–Crippen MR) is 104 cm³/mol. The van der Waals surface area contributed by atoms with E-state index >= 15 is 0 Å². The van der Waals surface area contributed by atoms with Gasteiger partial charge in [-0.1, -0.05) is 6.07 Å². The number of carbonyl (C=O) groups is 3. The molecule has 6 nitrogen and oxygen atoms in total. The third kappa shape index (κ3) is 4.76. The normalized spacial score (nSPS) is 13.0. The van der Waals surface area contributed by atoms with Gasteiger partial charge in [0, 0.05) is 25.1 Å². The molecule has 2 aromatic carbocycles. The first-order valence-corrected chi connectivity index (χ1v) is 9.30. The lowest BCUT2D eigenvalue weighted by Gasteiger charge is -2.29. The Labute approximate surface area is 163 Å². The zero-order chi connectivity index (χ0) is 20.1. The van der Waals surface area contributed by atoms with Crippen molar-refractivity contribution in [3.8, 4) is 5.75 Å². The van der Waals surface area contributed by atoms with Gasteiger partial charge in [-0.3, -0.25) is 9.59 Å². The fourth-order valence-electron chi connectivity index (χ4n) is 3.26. The number of Topliss-reactive ketones (excluding diaryl/α,β-unsaturated/α-hetero) is 1. The van der Waals surface area contributed by atoms with Crippen molar-refractivity contribution in [3.05, 3.63) is 64.7 Å². The van der Waals surface area contributed by atoms with Crippen LogP contribution in [0.1, 0.15) is 51.6 Å². The number of nitrogens with zero attached hydrogens (tertiary/aromatic N) is 1. The summed E-state index contributed by atoms with van der Waals surface area (Å²) in [5.41, 5.74) is 2.89. The highest BCUT2D eigenvalue weighted by Gasteiger charge is 2.21. The number of carboxylic acids is 1. The first-order valence-electron chi connectivity index (χ1n) is 9.30. The second kappa shape index (κ2) is 8.69. The van der Waals surface area contributed by atoms with Crippen LogP contribution in [0.5, 0.6) is 5.75 Å². The van der Waals surface area contributed by atoms with Crippen molar-refractivity contribution in [1.29, 1.82) is 0 Å². The minimum atomic E-state index is -0.959. The van der Waals surface area contributed by atoms with Crippen molar-refractivity contribution >= 4 is 17.7 Å². The van der Waals surface area contributed by atoms with E-state index in [-0.39, 0.29) is 17.3 Å². The second-order valence-electron chi connectivity index (χ2n) is 6.89. The average molecular weight is 381 g/mol. The third-order valence-electron chi connectivity index (χ3n) is 4.88. The van der Waals surface area contributed by atoms with Crippen molar-refractivity contribution in [2.45, 2.75) is 32.7 Å². The lowest BCUT2D eigenvalue weighted by atomic mass is 9.97. The van der Waals surface area contributed by atoms with E-state index in [1.165, 1.54) is 6.92 Å². The summed E-state index contributed by atoms with van der Waals surface area (Å²) in [6, 6.07) is 12.1. The first-order chi connectivity index (χ1) is 13.4. The van der Waals surface area contributed by atoms with Crippen molar-refractivity contribution in [2.75, 3.05) is 13.2 Å². The molecular weight excluding hydrogens is 358 g/mol. The van der Waals surface area contributed by atoms with E-state index in [1.54, 1.807) is 41.3 Å². The molecule has 0 spiro atoms. The molecule has 1 N–H and O–H groups in total. The number of carbonyl (C=O) groups excluding carboxylic acids is 2. The standard InChI is InChI=1S/C22H23NO5/c1-15(24)16-6-8-20(9-7-16)28-12-2-3-21(25)23-11-10-17-4-5-18(22(26)27)13-19(17)14-23/h4-9,13H,2-3,10-12,14H2,1H3,(H,26,27). The van der Waals surface area contributed by atoms with Gasteiger partial charge in [0.25, 0.3) is 0 Å². The molecule has 0 saturated carbocycles. The molecule has 1 heterocycles. The quantitative estimate of drug-likeness (QED) is 0.587. The molecule has 0 unspecified atom stereocenters. The van der Waals surface area contributed by atoms with Gasteiger partial charge in [0.05, 0.1) is 12.2 Å². The van der Waals surface area contributed by atoms with E-state index in [0.717, 1.165) is 17.5 Å². The average Bonchev–Trinajstić information content (AvgIpc) is 2.70. The molecule has 0 atom stereocenters. The molecule has 0 bridgehead atoms. The lowest BCUT2D eigenvalue weighted by Crippen LogP contribution is -2.36. The molecule has 0 aliphatic carbocycles. The number of aromatic carboxylic acids is 1. The maximum absolute atomic E-state index is 12.5. The van der Waals surface area contributed by atoms with Gasteiger partial charge in [-0.25, -0.2) is 4.79 Å². The highest BCUT2D eigenvalue weighted by atomic mass is 16.5. The van der Waals surface area contributed by atoms with Crippen LogP contribution in [0.15, 0.2) is 42.5 Å². The topological polar surface area (TPSA) is 83.9 Å². The summed E-state index contributed by atoms with van der Waals surface area (Å²) in [4.78, 5) is 36.6. The summed E-state index contributed by atoms with van der Waals surface area (Å²) in [5.74, 6) is -0.233. The van der Waals surface area contributed by atoms with Crippen molar-refractivity contribution in [2.24, 2.45) is 0 Å². The van der Waals surface area contributed by atoms with Crippen LogP contribution in [0.3, 0.4) is 0 Å². The molecule has 28 heavy (non-hydrogen) atoms. The van der Waals surface area contributed by atoms with E-state index in [9.17, 15) is 14.4 Å². The molecule has 2 aromatic rings. The van der Waals surface area contributed by atoms with Crippen LogP contribution in [0, 0.1) is 0 Å². The zero-order valence-electron chi connectivity index (χ0n) is 15.8. The predicted octanol–water partition coefficient (Wildman–Crippen LogP) is 3.33. The fourth-order valence-corrected chi connectivity index (χ4v) is 3.26. The molecule has 146 valence electrons. The number of carboxylic acid groups (broad SMARTS) is 1. The summed E-state index contributed by atoms with van der Waals surface area (Å²) in [6.45, 7) is 3.02. The van der Waals surface area contributed by atoms with Crippen LogP contribution in [0.2, 0.25) is 0 Å². The van der Waals surface area contributed by atoms with Gasteiger partial charge in [-0.2, -0.15) is 0 Å². The van der Waals surface area contributed by atoms with E-state index in [1.807, 2.05) is 6.07 Å². The Bertz CT molecular complexity index is 888. The molecule has 0 saturated heterocycles. The number of hydrogen-bond acceptors (Lipinski definition) is 4. The summed E-state index contributed by atoms with van der Waals surface area (Å²) in [7, 11) is 0. The fraction of sp³-hybridized carbons (Fsp3) is 0.318. The van der Waals surface area contributed by atoms with Gasteiger partial charge in [0.2, 0.25) is 5.91 Å². The molecule has 0 fully saturated rings. The van der Waals surface area contributed by atoms with Gasteiger partial charge in [0.15, 0.2) is 5.78 Å². The molecule has 3 rings (SSSR count). The van der Waals surface area contributed by atoms with Gasteiger partial charge >= 0.3 is 5.97 Å². The number of rotatable bonds is 7. The zero-order valence-corrected chi connectivity index (χ0v) is 15.8. The van der Waals surface area contributed by atoms with Crippen LogP contribution >= 0.6 is 0 Å². The van der Waals surface area contributed by atoms with Gasteiger partial charge in [-0.15, -0.1) is 0 Å². The number of amides is 1. The van der Waals surface area contributed by atoms with Gasteiger partial charge < -0.3 is 14.7 Å². The van der Waals surface area contributed by atoms with E-state index in [2.05, 4.69) is 0 Å². The van der Waals surface area contributed by atoms with E-state index in [4.69, 9.17) is 9.84 Å². The molecule has 6 heteroatoms. The maximum atomic E-state index is 12.5. The van der Waals surface area contributed by atoms with Crippen LogP contribution < -0.4 is 4.74 Å². The first kappa shape index (κ1) is 19.6. The monoisotopic (exact) mass is 381 g/mol. The minimum absolute atomic E-state index is 0.00993. The Morgan fingerprint density at radius 2 is 1.75 bits per heavy atom. The molecule has 0 radical (unpaired) electrons. The molecular formula is C22H23NO5. The highest BCUT2D eigenvalue weighted by molar-refractivity contribution is 5.94. The van der Waals surface area contributed by atoms with Crippen LogP contribution in [0.4, 0.5) is 0 Å². The Kier molecular flexibility index (Phi) is 6.09. The molecule has 1 aliphatic rings. The Hall–Kier alpha value is -3.15. The number of ketones is 1. The number of fused-ring (bicyclic) bond motifs is 1.